The number of nitrogens with zero attached hydrogens (tertiary/aromatic N) is 1. The van der Waals surface area contributed by atoms with Crippen LogP contribution in [0.15, 0.2) is 36.4 Å². The Morgan fingerprint density at radius 1 is 1.05 bits per heavy atom. The molecule has 1 aliphatic rings. The van der Waals surface area contributed by atoms with Crippen molar-refractivity contribution in [1.29, 1.82) is 0 Å². The first-order valence-electron chi connectivity index (χ1n) is 11.5. The number of aromatic hydroxyl groups is 1. The highest BCUT2D eigenvalue weighted by atomic mass is 35.5. The number of thiazole rings is 1. The van der Waals surface area contributed by atoms with Crippen molar-refractivity contribution in [1.82, 2.24) is 10.3 Å². The van der Waals surface area contributed by atoms with E-state index < -0.39 is 23.6 Å². The van der Waals surface area contributed by atoms with Crippen molar-refractivity contribution < 1.29 is 27.9 Å². The number of phenolic OH excluding ortho intramolecular Hbond substituents is 1. The van der Waals surface area contributed by atoms with E-state index >= 15 is 0 Å². The topological polar surface area (TPSA) is 91.3 Å². The monoisotopic (exact) mass is 571 g/mol. The van der Waals surface area contributed by atoms with Crippen LogP contribution < -0.4 is 10.6 Å². The summed E-state index contributed by atoms with van der Waals surface area (Å²) in [5, 5.41) is 15.5. The zero-order valence-corrected chi connectivity index (χ0v) is 21.6. The minimum Gasteiger partial charge on any atom is -0.505 e. The fourth-order valence-electron chi connectivity index (χ4n) is 4.18. The van der Waals surface area contributed by atoms with E-state index in [2.05, 4.69) is 15.6 Å². The molecule has 196 valence electrons. The van der Waals surface area contributed by atoms with Crippen molar-refractivity contribution in [2.24, 2.45) is 0 Å². The van der Waals surface area contributed by atoms with Gasteiger partial charge in [0.05, 0.1) is 20.6 Å². The van der Waals surface area contributed by atoms with Gasteiger partial charge in [-0.1, -0.05) is 60.7 Å². The number of aromatic nitrogens is 1. The van der Waals surface area contributed by atoms with Crippen LogP contribution in [-0.4, -0.2) is 21.9 Å². The fraction of sp³-hybridized carbons (Fsp3) is 0.320. The van der Waals surface area contributed by atoms with Crippen molar-refractivity contribution in [3.63, 3.8) is 0 Å². The molecular weight excluding hydrogens is 550 g/mol. The van der Waals surface area contributed by atoms with Crippen LogP contribution in [0.4, 0.5) is 18.2 Å². The van der Waals surface area contributed by atoms with E-state index in [1.54, 1.807) is 0 Å². The zero-order chi connectivity index (χ0) is 26.7. The van der Waals surface area contributed by atoms with Gasteiger partial charge in [-0.25, -0.2) is 4.98 Å². The highest BCUT2D eigenvalue weighted by Gasteiger charge is 2.33. The van der Waals surface area contributed by atoms with Crippen molar-refractivity contribution >= 4 is 51.4 Å². The first-order valence-corrected chi connectivity index (χ1v) is 13.0. The van der Waals surface area contributed by atoms with Gasteiger partial charge in [0.2, 0.25) is 0 Å². The molecule has 6 nitrogen and oxygen atoms in total. The number of hydrogen-bond acceptors (Lipinski definition) is 5. The second-order valence-corrected chi connectivity index (χ2v) is 10.5. The van der Waals surface area contributed by atoms with Crippen LogP contribution in [-0.2, 0) is 12.7 Å². The highest BCUT2D eigenvalue weighted by Crippen LogP contribution is 2.39. The summed E-state index contributed by atoms with van der Waals surface area (Å²) in [6.45, 7) is -0.374. The maximum atomic E-state index is 13.4. The van der Waals surface area contributed by atoms with E-state index in [0.29, 0.717) is 5.01 Å². The van der Waals surface area contributed by atoms with Crippen LogP contribution in [0.3, 0.4) is 0 Å². The Balaban J connectivity index is 1.60. The first kappa shape index (κ1) is 27.2. The van der Waals surface area contributed by atoms with Crippen LogP contribution in [0.25, 0.3) is 0 Å². The van der Waals surface area contributed by atoms with Crippen molar-refractivity contribution in [2.45, 2.75) is 50.7 Å². The number of halogens is 5. The number of phenols is 1. The molecule has 0 unspecified atom stereocenters. The predicted octanol–water partition coefficient (Wildman–Crippen LogP) is 7.40. The van der Waals surface area contributed by atoms with Gasteiger partial charge in [-0.2, -0.15) is 13.2 Å². The third kappa shape index (κ3) is 6.37. The Kier molecular flexibility index (Phi) is 8.30. The van der Waals surface area contributed by atoms with Crippen LogP contribution in [0.1, 0.15) is 75.0 Å². The molecular formula is C25H22Cl2F3N3O3S. The Bertz CT molecular complexity index is 1300. The van der Waals surface area contributed by atoms with Gasteiger partial charge in [-0.15, -0.1) is 11.3 Å². The third-order valence-corrected chi connectivity index (χ3v) is 7.79. The molecule has 12 heteroatoms. The van der Waals surface area contributed by atoms with E-state index in [4.69, 9.17) is 23.2 Å². The summed E-state index contributed by atoms with van der Waals surface area (Å²) in [4.78, 5) is 30.5. The lowest BCUT2D eigenvalue weighted by Crippen LogP contribution is -2.26. The number of amides is 2. The van der Waals surface area contributed by atoms with Crippen LogP contribution >= 0.6 is 34.5 Å². The second-order valence-electron chi connectivity index (χ2n) is 8.64. The number of nitrogens with one attached hydrogen (secondary N) is 2. The molecule has 3 aromatic rings. The number of rotatable bonds is 6. The summed E-state index contributed by atoms with van der Waals surface area (Å²) in [6, 6.07) is 7.44. The molecule has 1 aliphatic carbocycles. The summed E-state index contributed by atoms with van der Waals surface area (Å²) >= 11 is 13.0. The molecule has 37 heavy (non-hydrogen) atoms. The zero-order valence-electron chi connectivity index (χ0n) is 19.3. The quantitative estimate of drug-likeness (QED) is 0.287. The Hall–Kier alpha value is -2.82. The fourth-order valence-corrected chi connectivity index (χ4v) is 5.80. The average Bonchev–Trinajstić information content (AvgIpc) is 3.29. The van der Waals surface area contributed by atoms with Gasteiger partial charge in [0.25, 0.3) is 11.8 Å². The minimum absolute atomic E-state index is 0.0471. The number of benzene rings is 2. The molecule has 0 bridgehead atoms. The number of carbonyl (C=O) groups is 2. The summed E-state index contributed by atoms with van der Waals surface area (Å²) < 4.78 is 40.1. The number of alkyl halides is 3. The maximum Gasteiger partial charge on any atom is 0.416 e. The SMILES string of the molecule is O=C(Nc1sc(C2CCCCC2)nc1C(=O)NCc1ccccc1C(F)(F)F)c1cc(Cl)c(O)c(Cl)c1. The predicted molar refractivity (Wildman–Crippen MR) is 137 cm³/mol. The number of anilines is 1. The van der Waals surface area contributed by atoms with Gasteiger partial charge in [-0.3, -0.25) is 9.59 Å². The Morgan fingerprint density at radius 3 is 2.35 bits per heavy atom. The molecule has 1 saturated carbocycles. The summed E-state index contributed by atoms with van der Waals surface area (Å²) in [6.07, 6.45) is 0.369. The number of hydrogen-bond donors (Lipinski definition) is 3. The molecule has 0 aliphatic heterocycles. The molecule has 0 radical (unpaired) electrons. The van der Waals surface area contributed by atoms with Crippen LogP contribution in [0, 0.1) is 0 Å². The molecule has 3 N–H and O–H groups in total. The van der Waals surface area contributed by atoms with Gasteiger partial charge in [0.1, 0.15) is 5.00 Å². The van der Waals surface area contributed by atoms with Crippen LogP contribution in [0.2, 0.25) is 10.0 Å². The average molecular weight is 572 g/mol. The van der Waals surface area contributed by atoms with Crippen LogP contribution in [0.5, 0.6) is 5.75 Å². The molecule has 1 aromatic heterocycles. The van der Waals surface area contributed by atoms with Gasteiger partial charge < -0.3 is 15.7 Å². The first-order chi connectivity index (χ1) is 17.5. The van der Waals surface area contributed by atoms with Gasteiger partial charge in [0.15, 0.2) is 11.4 Å². The molecule has 0 atom stereocenters. The molecule has 0 spiro atoms. The normalized spacial score (nSPS) is 14.4. The summed E-state index contributed by atoms with van der Waals surface area (Å²) in [7, 11) is 0. The van der Waals surface area contributed by atoms with Gasteiger partial charge >= 0.3 is 6.18 Å². The molecule has 2 amide bonds. The smallest absolute Gasteiger partial charge is 0.416 e. The summed E-state index contributed by atoms with van der Waals surface area (Å²) in [5.41, 5.74) is -0.971. The lowest BCUT2D eigenvalue weighted by atomic mass is 9.90. The van der Waals surface area contributed by atoms with E-state index in [0.717, 1.165) is 49.5 Å². The van der Waals surface area contributed by atoms with Crippen molar-refractivity contribution in [3.8, 4) is 5.75 Å². The Labute approximate surface area is 224 Å². The van der Waals surface area contributed by atoms with Crippen molar-refractivity contribution in [2.75, 3.05) is 5.32 Å². The molecule has 0 saturated heterocycles. The van der Waals surface area contributed by atoms with E-state index in [1.807, 2.05) is 0 Å². The van der Waals surface area contributed by atoms with Crippen molar-refractivity contribution in [3.05, 3.63) is 73.8 Å². The van der Waals surface area contributed by atoms with Gasteiger partial charge in [-0.05, 0) is 36.6 Å². The highest BCUT2D eigenvalue weighted by molar-refractivity contribution is 7.16. The third-order valence-electron chi connectivity index (χ3n) is 6.08. The standard InChI is InChI=1S/C25H22Cl2F3N3O3S/c26-17-10-15(11-18(27)20(17)34)21(35)33-24-19(32-23(37-24)13-6-2-1-3-7-13)22(36)31-12-14-8-4-5-9-16(14)25(28,29)30/h4-5,8-11,13,34H,1-3,6-7,12H2,(H,31,36)(H,33,35). The van der Waals surface area contributed by atoms with Gasteiger partial charge in [0, 0.05) is 18.0 Å². The summed E-state index contributed by atoms with van der Waals surface area (Å²) in [5.74, 6) is -1.59. The van der Waals surface area contributed by atoms with E-state index in [9.17, 15) is 27.9 Å². The molecule has 2 aromatic carbocycles. The maximum absolute atomic E-state index is 13.4. The molecule has 1 heterocycles. The van der Waals surface area contributed by atoms with E-state index in [-0.39, 0.29) is 50.1 Å². The minimum atomic E-state index is -4.57. The Morgan fingerprint density at radius 2 is 1.70 bits per heavy atom. The molecule has 4 rings (SSSR count). The lowest BCUT2D eigenvalue weighted by Gasteiger charge is -2.18. The van der Waals surface area contributed by atoms with E-state index in [1.165, 1.54) is 30.3 Å². The number of carbonyl (C=O) groups excluding carboxylic acids is 2. The second kappa shape index (κ2) is 11.3. The molecule has 1 fully saturated rings. The lowest BCUT2D eigenvalue weighted by molar-refractivity contribution is -0.138. The largest absolute Gasteiger partial charge is 0.505 e.